The van der Waals surface area contributed by atoms with Crippen molar-refractivity contribution in [3.05, 3.63) is 53.4 Å². The van der Waals surface area contributed by atoms with Crippen LogP contribution in [0.3, 0.4) is 0 Å². The van der Waals surface area contributed by atoms with Crippen molar-refractivity contribution in [2.75, 3.05) is 6.54 Å². The van der Waals surface area contributed by atoms with Crippen LogP contribution in [0.25, 0.3) is 0 Å². The zero-order valence-corrected chi connectivity index (χ0v) is 15.0. The molecule has 0 spiro atoms. The average Bonchev–Trinajstić information content (AvgIpc) is 3.39. The molecule has 2 heterocycles. The highest BCUT2D eigenvalue weighted by Crippen LogP contribution is 2.40. The molecule has 2 N–H and O–H groups in total. The molecule has 1 aromatic heterocycles. The second kappa shape index (κ2) is 7.42. The Hall–Kier alpha value is -2.83. The predicted octanol–water partition coefficient (Wildman–Crippen LogP) is 3.04. The van der Waals surface area contributed by atoms with E-state index >= 15 is 0 Å². The minimum atomic E-state index is -0.911. The number of carbonyl (C=O) groups is 2. The number of hydrogen-bond donors (Lipinski definition) is 2. The fraction of sp³-hybridized carbons (Fsp3) is 0.450. The summed E-state index contributed by atoms with van der Waals surface area (Å²) in [4.78, 5) is 25.6. The maximum Gasteiger partial charge on any atom is 0.407 e. The largest absolute Gasteiger partial charge is 0.465 e. The predicted molar refractivity (Wildman–Crippen MR) is 97.6 cm³/mol. The van der Waals surface area contributed by atoms with E-state index in [0.29, 0.717) is 37.4 Å². The molecule has 27 heavy (non-hydrogen) atoms. The minimum Gasteiger partial charge on any atom is -0.465 e. The van der Waals surface area contributed by atoms with Crippen molar-refractivity contribution in [2.24, 2.45) is 0 Å². The Bertz CT molecular complexity index is 816. The molecule has 7 nitrogen and oxygen atoms in total. The Morgan fingerprint density at radius 1 is 1.22 bits per heavy atom. The van der Waals surface area contributed by atoms with Gasteiger partial charge in [0, 0.05) is 30.6 Å². The number of piperidine rings is 1. The highest BCUT2D eigenvalue weighted by Gasteiger charge is 2.33. The summed E-state index contributed by atoms with van der Waals surface area (Å²) < 4.78 is 5.25. The molecule has 0 radical (unpaired) electrons. The summed E-state index contributed by atoms with van der Waals surface area (Å²) in [7, 11) is 0. The Morgan fingerprint density at radius 3 is 2.70 bits per heavy atom. The number of carbonyl (C=O) groups excluding carboxylic acids is 1. The van der Waals surface area contributed by atoms with Crippen molar-refractivity contribution < 1.29 is 19.2 Å². The number of nitrogens with zero attached hydrogens (tertiary/aromatic N) is 2. The van der Waals surface area contributed by atoms with E-state index in [4.69, 9.17) is 4.52 Å². The minimum absolute atomic E-state index is 0.0807. The first-order chi connectivity index (χ1) is 13.1. The number of carboxylic acid groups (broad SMARTS) is 1. The van der Waals surface area contributed by atoms with Gasteiger partial charge in [-0.3, -0.25) is 4.79 Å². The number of rotatable bonds is 5. The van der Waals surface area contributed by atoms with Crippen LogP contribution in [0, 0.1) is 0 Å². The summed E-state index contributed by atoms with van der Waals surface area (Å²) >= 11 is 0. The smallest absolute Gasteiger partial charge is 0.407 e. The maximum absolute atomic E-state index is 12.5. The van der Waals surface area contributed by atoms with Crippen molar-refractivity contribution in [3.8, 4) is 0 Å². The monoisotopic (exact) mass is 369 g/mol. The quantitative estimate of drug-likeness (QED) is 0.845. The zero-order chi connectivity index (χ0) is 18.8. The fourth-order valence-electron chi connectivity index (χ4n) is 3.73. The van der Waals surface area contributed by atoms with Crippen molar-refractivity contribution >= 4 is 12.0 Å². The van der Waals surface area contributed by atoms with Crippen LogP contribution < -0.4 is 5.32 Å². The Balaban J connectivity index is 1.40. The molecule has 1 aliphatic heterocycles. The number of likely N-dealkylation sites (tertiary alicyclic amines) is 1. The maximum atomic E-state index is 12.5. The highest BCUT2D eigenvalue weighted by atomic mass is 16.5. The lowest BCUT2D eigenvalue weighted by atomic mass is 9.92. The topological polar surface area (TPSA) is 95.7 Å². The van der Waals surface area contributed by atoms with Crippen molar-refractivity contribution in [1.29, 1.82) is 0 Å². The SMILES string of the molecule is O=C(N[C@@H]1CCN(C(=O)O)[C@H](Cc2ccccc2)C1)c1cc(C2CC2)on1. The van der Waals surface area contributed by atoms with Gasteiger partial charge in [-0.2, -0.15) is 0 Å². The van der Waals surface area contributed by atoms with Crippen LogP contribution in [0.1, 0.15) is 53.4 Å². The van der Waals surface area contributed by atoms with Crippen molar-refractivity contribution in [3.63, 3.8) is 0 Å². The van der Waals surface area contributed by atoms with Gasteiger partial charge in [0.25, 0.3) is 5.91 Å². The van der Waals surface area contributed by atoms with Crippen LogP contribution in [-0.2, 0) is 6.42 Å². The first-order valence-corrected chi connectivity index (χ1v) is 9.41. The van der Waals surface area contributed by atoms with Crippen LogP contribution in [-0.4, -0.2) is 45.8 Å². The molecule has 2 fully saturated rings. The normalized spacial score (nSPS) is 22.4. The second-order valence-electron chi connectivity index (χ2n) is 7.40. The van der Waals surface area contributed by atoms with Crippen LogP contribution in [0.15, 0.2) is 40.9 Å². The molecule has 0 unspecified atom stereocenters. The van der Waals surface area contributed by atoms with E-state index in [0.717, 1.165) is 24.2 Å². The van der Waals surface area contributed by atoms with Gasteiger partial charge in [0.15, 0.2) is 5.69 Å². The van der Waals surface area contributed by atoms with Gasteiger partial charge in [0.1, 0.15) is 5.76 Å². The summed E-state index contributed by atoms with van der Waals surface area (Å²) in [6, 6.07) is 11.3. The lowest BCUT2D eigenvalue weighted by molar-refractivity contribution is 0.0825. The van der Waals surface area contributed by atoms with Gasteiger partial charge in [0.05, 0.1) is 0 Å². The van der Waals surface area contributed by atoms with E-state index in [1.165, 1.54) is 4.90 Å². The van der Waals surface area contributed by atoms with E-state index in [1.54, 1.807) is 6.07 Å². The van der Waals surface area contributed by atoms with Gasteiger partial charge in [0.2, 0.25) is 0 Å². The molecule has 2 aliphatic rings. The van der Waals surface area contributed by atoms with Gasteiger partial charge in [-0.25, -0.2) is 4.79 Å². The van der Waals surface area contributed by atoms with Gasteiger partial charge in [-0.15, -0.1) is 0 Å². The standard InChI is InChI=1S/C20H23N3O4/c24-19(17-12-18(27-22-17)14-6-7-14)21-15-8-9-23(20(25)26)16(11-15)10-13-4-2-1-3-5-13/h1-5,12,14-16H,6-11H2,(H,21,24)(H,25,26)/t15-,16-/m1/s1. The number of amides is 2. The molecule has 2 amide bonds. The summed E-state index contributed by atoms with van der Waals surface area (Å²) in [6.07, 6.45) is 3.08. The molecule has 0 bridgehead atoms. The van der Waals surface area contributed by atoms with Gasteiger partial charge in [-0.1, -0.05) is 35.5 Å². The van der Waals surface area contributed by atoms with Gasteiger partial charge < -0.3 is 19.8 Å². The van der Waals surface area contributed by atoms with Crippen LogP contribution in [0.2, 0.25) is 0 Å². The lowest BCUT2D eigenvalue weighted by Crippen LogP contribution is -2.52. The molecule has 1 saturated carbocycles. The fourth-order valence-corrected chi connectivity index (χ4v) is 3.73. The molecular formula is C20H23N3O4. The molecule has 2 aromatic rings. The van der Waals surface area contributed by atoms with E-state index in [2.05, 4.69) is 10.5 Å². The van der Waals surface area contributed by atoms with Crippen molar-refractivity contribution in [1.82, 2.24) is 15.4 Å². The summed E-state index contributed by atoms with van der Waals surface area (Å²) in [5.74, 6) is 0.939. The molecule has 1 saturated heterocycles. The van der Waals surface area contributed by atoms with Crippen LogP contribution in [0.5, 0.6) is 0 Å². The van der Waals surface area contributed by atoms with E-state index in [9.17, 15) is 14.7 Å². The Labute approximate surface area is 157 Å². The molecule has 142 valence electrons. The number of hydrogen-bond acceptors (Lipinski definition) is 4. The van der Waals surface area contributed by atoms with E-state index in [-0.39, 0.29) is 18.0 Å². The van der Waals surface area contributed by atoms with Crippen LogP contribution >= 0.6 is 0 Å². The van der Waals surface area contributed by atoms with Gasteiger partial charge >= 0.3 is 6.09 Å². The lowest BCUT2D eigenvalue weighted by Gasteiger charge is -2.38. The third-order valence-corrected chi connectivity index (χ3v) is 5.35. The summed E-state index contributed by atoms with van der Waals surface area (Å²) in [6.45, 7) is 0.407. The second-order valence-corrected chi connectivity index (χ2v) is 7.40. The van der Waals surface area contributed by atoms with E-state index in [1.807, 2.05) is 30.3 Å². The first-order valence-electron chi connectivity index (χ1n) is 9.41. The van der Waals surface area contributed by atoms with Crippen molar-refractivity contribution in [2.45, 2.75) is 50.1 Å². The van der Waals surface area contributed by atoms with E-state index < -0.39 is 6.09 Å². The molecule has 2 atom stereocenters. The summed E-state index contributed by atoms with van der Waals surface area (Å²) in [5, 5.41) is 16.4. The third-order valence-electron chi connectivity index (χ3n) is 5.35. The summed E-state index contributed by atoms with van der Waals surface area (Å²) in [5.41, 5.74) is 1.39. The average molecular weight is 369 g/mol. The number of benzene rings is 1. The Morgan fingerprint density at radius 2 is 2.00 bits per heavy atom. The number of nitrogens with one attached hydrogen (secondary N) is 1. The molecule has 1 aliphatic carbocycles. The first kappa shape index (κ1) is 17.6. The molecule has 1 aromatic carbocycles. The zero-order valence-electron chi connectivity index (χ0n) is 15.0. The third kappa shape index (κ3) is 4.13. The molecule has 4 rings (SSSR count). The Kier molecular flexibility index (Phi) is 4.83. The number of aromatic nitrogens is 1. The highest BCUT2D eigenvalue weighted by molar-refractivity contribution is 5.92. The molecule has 7 heteroatoms. The van der Waals surface area contributed by atoms with Gasteiger partial charge in [-0.05, 0) is 37.7 Å². The van der Waals surface area contributed by atoms with Crippen LogP contribution in [0.4, 0.5) is 4.79 Å². The molecular weight excluding hydrogens is 346 g/mol.